The predicted molar refractivity (Wildman–Crippen MR) is 61.2 cm³/mol. The molecule has 0 aliphatic rings. The molecule has 0 radical (unpaired) electrons. The van der Waals surface area contributed by atoms with E-state index in [9.17, 15) is 8.78 Å². The maximum absolute atomic E-state index is 13.6. The Morgan fingerprint density at radius 2 is 1.89 bits per heavy atom. The standard InChI is InChI=1S/C12H8F2N2OS/c1-6-7(2)17-12(16-6)18-11-9(13)3-8(5-15)4-10(11)14/h3-4H,1-2H3. The highest BCUT2D eigenvalue weighted by molar-refractivity contribution is 7.99. The summed E-state index contributed by atoms with van der Waals surface area (Å²) in [4.78, 5) is 3.80. The molecule has 0 unspecified atom stereocenters. The summed E-state index contributed by atoms with van der Waals surface area (Å²) in [6.45, 7) is 3.46. The molecule has 0 atom stereocenters. The fourth-order valence-electron chi connectivity index (χ4n) is 1.30. The number of aromatic nitrogens is 1. The molecule has 92 valence electrons. The first-order valence-corrected chi connectivity index (χ1v) is 5.84. The van der Waals surface area contributed by atoms with Gasteiger partial charge in [-0.2, -0.15) is 5.26 Å². The van der Waals surface area contributed by atoms with Gasteiger partial charge in [-0.1, -0.05) is 0 Å². The highest BCUT2D eigenvalue weighted by Crippen LogP contribution is 2.32. The smallest absolute Gasteiger partial charge is 0.261 e. The molecule has 0 fully saturated rings. The molecule has 0 amide bonds. The normalized spacial score (nSPS) is 10.4. The molecule has 0 aliphatic heterocycles. The van der Waals surface area contributed by atoms with E-state index in [0.29, 0.717) is 11.5 Å². The lowest BCUT2D eigenvalue weighted by molar-refractivity contribution is 0.429. The zero-order valence-electron chi connectivity index (χ0n) is 9.62. The van der Waals surface area contributed by atoms with Crippen molar-refractivity contribution in [2.24, 2.45) is 0 Å². The third kappa shape index (κ3) is 2.36. The number of aryl methyl sites for hydroxylation is 2. The zero-order valence-corrected chi connectivity index (χ0v) is 10.4. The highest BCUT2D eigenvalue weighted by atomic mass is 32.2. The molecule has 18 heavy (non-hydrogen) atoms. The van der Waals surface area contributed by atoms with Crippen LogP contribution in [0.2, 0.25) is 0 Å². The summed E-state index contributed by atoms with van der Waals surface area (Å²) in [5, 5.41) is 8.76. The van der Waals surface area contributed by atoms with Gasteiger partial charge in [0.25, 0.3) is 5.22 Å². The molecule has 3 nitrogen and oxygen atoms in total. The van der Waals surface area contributed by atoms with Crippen molar-refractivity contribution in [3.63, 3.8) is 0 Å². The highest BCUT2D eigenvalue weighted by Gasteiger charge is 2.16. The van der Waals surface area contributed by atoms with Crippen molar-refractivity contribution in [3.05, 3.63) is 40.8 Å². The quantitative estimate of drug-likeness (QED) is 0.833. The van der Waals surface area contributed by atoms with Crippen molar-refractivity contribution in [1.82, 2.24) is 4.98 Å². The van der Waals surface area contributed by atoms with Gasteiger partial charge in [0.15, 0.2) is 0 Å². The van der Waals surface area contributed by atoms with E-state index >= 15 is 0 Å². The van der Waals surface area contributed by atoms with E-state index in [1.54, 1.807) is 19.9 Å². The number of halogens is 2. The molecule has 2 aromatic rings. The van der Waals surface area contributed by atoms with E-state index in [2.05, 4.69) is 4.98 Å². The van der Waals surface area contributed by atoms with Crippen LogP contribution in [-0.4, -0.2) is 4.98 Å². The number of benzene rings is 1. The third-order valence-corrected chi connectivity index (χ3v) is 3.27. The monoisotopic (exact) mass is 266 g/mol. The van der Waals surface area contributed by atoms with Gasteiger partial charge < -0.3 is 4.42 Å². The Labute approximate surface area is 106 Å². The van der Waals surface area contributed by atoms with E-state index in [0.717, 1.165) is 23.9 Å². The summed E-state index contributed by atoms with van der Waals surface area (Å²) in [5.74, 6) is -0.998. The second kappa shape index (κ2) is 4.78. The summed E-state index contributed by atoms with van der Waals surface area (Å²) in [5.41, 5.74) is 0.612. The second-order valence-electron chi connectivity index (χ2n) is 3.60. The molecule has 0 bridgehead atoms. The van der Waals surface area contributed by atoms with Gasteiger partial charge in [0.2, 0.25) is 0 Å². The number of oxazole rings is 1. The van der Waals surface area contributed by atoms with Crippen LogP contribution >= 0.6 is 11.8 Å². The third-order valence-electron chi connectivity index (χ3n) is 2.33. The Hall–Kier alpha value is -1.87. The lowest BCUT2D eigenvalue weighted by atomic mass is 10.2. The average Bonchev–Trinajstić information content (AvgIpc) is 2.63. The average molecular weight is 266 g/mol. The first kappa shape index (κ1) is 12.6. The summed E-state index contributed by atoms with van der Waals surface area (Å²) in [6.07, 6.45) is 0. The molecule has 0 saturated heterocycles. The molecule has 0 aliphatic carbocycles. The van der Waals surface area contributed by atoms with Crippen molar-refractivity contribution < 1.29 is 13.2 Å². The Balaban J connectivity index is 2.38. The number of rotatable bonds is 2. The number of hydrogen-bond donors (Lipinski definition) is 0. The topological polar surface area (TPSA) is 49.8 Å². The summed E-state index contributed by atoms with van der Waals surface area (Å²) in [6, 6.07) is 3.65. The second-order valence-corrected chi connectivity index (χ2v) is 4.57. The Kier molecular flexibility index (Phi) is 3.34. The van der Waals surface area contributed by atoms with Gasteiger partial charge in [0, 0.05) is 0 Å². The minimum atomic E-state index is -0.801. The van der Waals surface area contributed by atoms with E-state index in [1.165, 1.54) is 0 Å². The zero-order chi connectivity index (χ0) is 13.3. The molecule has 2 rings (SSSR count). The summed E-state index contributed by atoms with van der Waals surface area (Å²) >= 11 is 0.758. The molecule has 1 heterocycles. The molecule has 0 saturated carbocycles. The number of hydrogen-bond acceptors (Lipinski definition) is 4. The van der Waals surface area contributed by atoms with Crippen molar-refractivity contribution in [1.29, 1.82) is 5.26 Å². The summed E-state index contributed by atoms with van der Waals surface area (Å²) in [7, 11) is 0. The maximum atomic E-state index is 13.6. The van der Waals surface area contributed by atoms with E-state index in [4.69, 9.17) is 9.68 Å². The van der Waals surface area contributed by atoms with E-state index in [-0.39, 0.29) is 15.7 Å². The van der Waals surface area contributed by atoms with Crippen LogP contribution in [0.1, 0.15) is 17.0 Å². The molecule has 0 spiro atoms. The van der Waals surface area contributed by atoms with Crippen molar-refractivity contribution in [2.75, 3.05) is 0 Å². The number of nitrogens with zero attached hydrogens (tertiary/aromatic N) is 2. The molecule has 0 N–H and O–H groups in total. The maximum Gasteiger partial charge on any atom is 0.261 e. The lowest BCUT2D eigenvalue weighted by Crippen LogP contribution is -1.90. The van der Waals surface area contributed by atoms with Crippen LogP contribution < -0.4 is 0 Å². The van der Waals surface area contributed by atoms with Gasteiger partial charge in [-0.25, -0.2) is 13.8 Å². The minimum Gasteiger partial charge on any atom is -0.436 e. The van der Waals surface area contributed by atoms with Gasteiger partial charge in [-0.3, -0.25) is 0 Å². The van der Waals surface area contributed by atoms with Crippen LogP contribution in [0.5, 0.6) is 0 Å². The van der Waals surface area contributed by atoms with Crippen LogP contribution in [-0.2, 0) is 0 Å². The SMILES string of the molecule is Cc1nc(Sc2c(F)cc(C#N)cc2F)oc1C. The largest absolute Gasteiger partial charge is 0.436 e. The van der Waals surface area contributed by atoms with E-state index in [1.807, 2.05) is 0 Å². The fourth-order valence-corrected chi connectivity index (χ4v) is 2.13. The molecule has 1 aromatic carbocycles. The number of nitriles is 1. The minimum absolute atomic E-state index is 0.0610. The van der Waals surface area contributed by atoms with Crippen LogP contribution in [0.4, 0.5) is 8.78 Å². The van der Waals surface area contributed by atoms with Crippen LogP contribution in [0.25, 0.3) is 0 Å². The lowest BCUT2D eigenvalue weighted by Gasteiger charge is -2.02. The van der Waals surface area contributed by atoms with Crippen molar-refractivity contribution in [2.45, 2.75) is 24.0 Å². The molecule has 6 heteroatoms. The van der Waals surface area contributed by atoms with Gasteiger partial charge in [0.05, 0.1) is 22.2 Å². The fraction of sp³-hybridized carbons (Fsp3) is 0.167. The molecular formula is C12H8F2N2OS. The first-order valence-electron chi connectivity index (χ1n) is 5.02. The molecular weight excluding hydrogens is 258 g/mol. The van der Waals surface area contributed by atoms with Crippen LogP contribution in [0, 0.1) is 36.8 Å². The van der Waals surface area contributed by atoms with Gasteiger partial charge in [-0.15, -0.1) is 0 Å². The summed E-state index contributed by atoms with van der Waals surface area (Å²) < 4.78 is 32.5. The Bertz CT molecular complexity index is 604. The van der Waals surface area contributed by atoms with Gasteiger partial charge in [0.1, 0.15) is 17.4 Å². The van der Waals surface area contributed by atoms with E-state index < -0.39 is 11.6 Å². The van der Waals surface area contributed by atoms with Crippen LogP contribution in [0.3, 0.4) is 0 Å². The predicted octanol–water partition coefficient (Wildman–Crippen LogP) is 3.59. The van der Waals surface area contributed by atoms with Crippen molar-refractivity contribution in [3.8, 4) is 6.07 Å². The van der Waals surface area contributed by atoms with Gasteiger partial charge >= 0.3 is 0 Å². The Morgan fingerprint density at radius 3 is 2.33 bits per heavy atom. The van der Waals surface area contributed by atoms with Crippen LogP contribution in [0.15, 0.2) is 26.7 Å². The van der Waals surface area contributed by atoms with Crippen molar-refractivity contribution >= 4 is 11.8 Å². The first-order chi connectivity index (χ1) is 8.51. The Morgan fingerprint density at radius 1 is 1.28 bits per heavy atom. The molecule has 1 aromatic heterocycles. The van der Waals surface area contributed by atoms with Gasteiger partial charge in [-0.05, 0) is 37.7 Å².